The van der Waals surface area contributed by atoms with Gasteiger partial charge in [0.25, 0.3) is 5.91 Å². The van der Waals surface area contributed by atoms with Crippen molar-refractivity contribution in [3.8, 4) is 0 Å². The molecule has 0 aliphatic heterocycles. The van der Waals surface area contributed by atoms with E-state index in [1.165, 1.54) is 12.1 Å². The van der Waals surface area contributed by atoms with Crippen molar-refractivity contribution in [2.75, 3.05) is 24.6 Å². The Kier molecular flexibility index (Phi) is 4.77. The van der Waals surface area contributed by atoms with Crippen molar-refractivity contribution in [3.63, 3.8) is 0 Å². The van der Waals surface area contributed by atoms with Crippen molar-refractivity contribution < 1.29 is 9.18 Å². The van der Waals surface area contributed by atoms with Gasteiger partial charge in [-0.2, -0.15) is 0 Å². The van der Waals surface area contributed by atoms with Crippen molar-refractivity contribution in [3.05, 3.63) is 59.4 Å². The summed E-state index contributed by atoms with van der Waals surface area (Å²) in [6, 6.07) is 11.5. The van der Waals surface area contributed by atoms with E-state index in [-0.39, 0.29) is 11.7 Å². The molecule has 0 heterocycles. The molecule has 4 nitrogen and oxygen atoms in total. The SMILES string of the molecule is CNC(=O)c1ccc(NCCc2ccc(F)cc2)c(N)c1. The third-order valence-corrected chi connectivity index (χ3v) is 3.18. The van der Waals surface area contributed by atoms with E-state index in [0.29, 0.717) is 17.8 Å². The lowest BCUT2D eigenvalue weighted by atomic mass is 10.1. The number of anilines is 2. The molecule has 0 fully saturated rings. The van der Waals surface area contributed by atoms with Gasteiger partial charge >= 0.3 is 0 Å². The number of hydrogen-bond acceptors (Lipinski definition) is 3. The normalized spacial score (nSPS) is 10.2. The first-order valence-corrected chi connectivity index (χ1v) is 6.70. The molecule has 110 valence electrons. The average molecular weight is 287 g/mol. The molecule has 1 amide bonds. The second-order valence-corrected chi connectivity index (χ2v) is 4.68. The summed E-state index contributed by atoms with van der Waals surface area (Å²) in [4.78, 5) is 11.5. The number of benzene rings is 2. The molecular weight excluding hydrogens is 269 g/mol. The van der Waals surface area contributed by atoms with E-state index in [4.69, 9.17) is 5.73 Å². The molecule has 0 saturated carbocycles. The summed E-state index contributed by atoms with van der Waals surface area (Å²) in [5.41, 5.74) is 8.80. The average Bonchev–Trinajstić information content (AvgIpc) is 2.50. The van der Waals surface area contributed by atoms with Gasteiger partial charge in [-0.25, -0.2) is 4.39 Å². The summed E-state index contributed by atoms with van der Waals surface area (Å²) in [7, 11) is 1.58. The highest BCUT2D eigenvalue weighted by Crippen LogP contribution is 2.20. The minimum atomic E-state index is -0.235. The van der Waals surface area contributed by atoms with Crippen LogP contribution < -0.4 is 16.4 Å². The highest BCUT2D eigenvalue weighted by atomic mass is 19.1. The summed E-state index contributed by atoms with van der Waals surface area (Å²) in [6.07, 6.45) is 0.761. The van der Waals surface area contributed by atoms with Crippen LogP contribution >= 0.6 is 0 Å². The minimum Gasteiger partial charge on any atom is -0.397 e. The van der Waals surface area contributed by atoms with Crippen LogP contribution in [0.2, 0.25) is 0 Å². The predicted octanol–water partition coefficient (Wildman–Crippen LogP) is 2.42. The zero-order chi connectivity index (χ0) is 15.2. The maximum Gasteiger partial charge on any atom is 0.251 e. The highest BCUT2D eigenvalue weighted by Gasteiger charge is 2.06. The number of nitrogens with two attached hydrogens (primary N) is 1. The fourth-order valence-electron chi connectivity index (χ4n) is 2.00. The van der Waals surface area contributed by atoms with E-state index < -0.39 is 0 Å². The lowest BCUT2D eigenvalue weighted by Gasteiger charge is -2.10. The molecule has 0 aromatic heterocycles. The minimum absolute atomic E-state index is 0.167. The van der Waals surface area contributed by atoms with E-state index >= 15 is 0 Å². The van der Waals surface area contributed by atoms with Gasteiger partial charge in [-0.15, -0.1) is 0 Å². The second-order valence-electron chi connectivity index (χ2n) is 4.68. The standard InChI is InChI=1S/C16H18FN3O/c1-19-16(21)12-4-7-15(14(18)10-12)20-9-8-11-2-5-13(17)6-3-11/h2-7,10,20H,8-9,18H2,1H3,(H,19,21). The first-order chi connectivity index (χ1) is 10.1. The topological polar surface area (TPSA) is 67.2 Å². The summed E-state index contributed by atoms with van der Waals surface area (Å²) in [6.45, 7) is 0.676. The molecule has 0 spiro atoms. The van der Waals surface area contributed by atoms with Crippen molar-refractivity contribution in [2.24, 2.45) is 0 Å². The zero-order valence-electron chi connectivity index (χ0n) is 11.8. The van der Waals surface area contributed by atoms with Crippen LogP contribution in [-0.4, -0.2) is 19.5 Å². The Morgan fingerprint density at radius 2 is 1.90 bits per heavy atom. The molecule has 4 N–H and O–H groups in total. The van der Waals surface area contributed by atoms with E-state index in [2.05, 4.69) is 10.6 Å². The van der Waals surface area contributed by atoms with Crippen LogP contribution in [0.4, 0.5) is 15.8 Å². The monoisotopic (exact) mass is 287 g/mol. The van der Waals surface area contributed by atoms with E-state index in [1.54, 1.807) is 37.4 Å². The van der Waals surface area contributed by atoms with E-state index in [9.17, 15) is 9.18 Å². The number of nitrogen functional groups attached to an aromatic ring is 1. The third kappa shape index (κ3) is 3.95. The fourth-order valence-corrected chi connectivity index (χ4v) is 2.00. The molecule has 2 aromatic carbocycles. The summed E-state index contributed by atoms with van der Waals surface area (Å²) in [5.74, 6) is -0.402. The van der Waals surface area contributed by atoms with Crippen LogP contribution in [0.15, 0.2) is 42.5 Å². The molecule has 5 heteroatoms. The van der Waals surface area contributed by atoms with E-state index in [0.717, 1.165) is 17.7 Å². The van der Waals surface area contributed by atoms with Gasteiger partial charge in [0.2, 0.25) is 0 Å². The molecule has 21 heavy (non-hydrogen) atoms. The molecule has 0 aliphatic rings. The number of carbonyl (C=O) groups excluding carboxylic acids is 1. The number of rotatable bonds is 5. The van der Waals surface area contributed by atoms with Gasteiger partial charge in [-0.3, -0.25) is 4.79 Å². The van der Waals surface area contributed by atoms with Crippen LogP contribution in [0.1, 0.15) is 15.9 Å². The molecule has 0 aliphatic carbocycles. The van der Waals surface area contributed by atoms with Crippen molar-refractivity contribution >= 4 is 17.3 Å². The molecule has 0 radical (unpaired) electrons. The Morgan fingerprint density at radius 1 is 1.19 bits per heavy atom. The van der Waals surface area contributed by atoms with Crippen LogP contribution in [0.5, 0.6) is 0 Å². The van der Waals surface area contributed by atoms with Crippen LogP contribution in [0.3, 0.4) is 0 Å². The van der Waals surface area contributed by atoms with Gasteiger partial charge in [0.05, 0.1) is 11.4 Å². The first kappa shape index (κ1) is 14.8. The smallest absolute Gasteiger partial charge is 0.251 e. The Morgan fingerprint density at radius 3 is 2.52 bits per heavy atom. The van der Waals surface area contributed by atoms with Crippen LogP contribution in [0, 0.1) is 5.82 Å². The number of hydrogen-bond donors (Lipinski definition) is 3. The number of amides is 1. The quantitative estimate of drug-likeness (QED) is 0.740. The summed E-state index contributed by atoms with van der Waals surface area (Å²) >= 11 is 0. The molecular formula is C16H18FN3O. The number of nitrogens with one attached hydrogen (secondary N) is 2. The number of carbonyl (C=O) groups is 1. The Bertz CT molecular complexity index is 626. The fraction of sp³-hybridized carbons (Fsp3) is 0.188. The molecule has 0 bridgehead atoms. The van der Waals surface area contributed by atoms with Gasteiger partial charge in [0.1, 0.15) is 5.82 Å². The van der Waals surface area contributed by atoms with Gasteiger partial charge in [-0.1, -0.05) is 12.1 Å². The van der Waals surface area contributed by atoms with Gasteiger partial charge in [0, 0.05) is 19.2 Å². The zero-order valence-corrected chi connectivity index (χ0v) is 11.8. The maximum atomic E-state index is 12.8. The van der Waals surface area contributed by atoms with Crippen molar-refractivity contribution in [1.29, 1.82) is 0 Å². The van der Waals surface area contributed by atoms with Crippen LogP contribution in [0.25, 0.3) is 0 Å². The third-order valence-electron chi connectivity index (χ3n) is 3.18. The van der Waals surface area contributed by atoms with Crippen molar-refractivity contribution in [2.45, 2.75) is 6.42 Å². The molecule has 0 unspecified atom stereocenters. The molecule has 2 aromatic rings. The van der Waals surface area contributed by atoms with E-state index in [1.807, 2.05) is 0 Å². The maximum absolute atomic E-state index is 12.8. The van der Waals surface area contributed by atoms with Gasteiger partial charge in [-0.05, 0) is 42.3 Å². The molecule has 0 saturated heterocycles. The summed E-state index contributed by atoms with van der Waals surface area (Å²) in [5, 5.41) is 5.76. The highest BCUT2D eigenvalue weighted by molar-refractivity contribution is 5.95. The van der Waals surface area contributed by atoms with Gasteiger partial charge in [0.15, 0.2) is 0 Å². The lowest BCUT2D eigenvalue weighted by Crippen LogP contribution is -2.18. The summed E-state index contributed by atoms with van der Waals surface area (Å²) < 4.78 is 12.8. The molecule has 2 rings (SSSR count). The van der Waals surface area contributed by atoms with Crippen LogP contribution in [-0.2, 0) is 6.42 Å². The molecule has 0 atom stereocenters. The van der Waals surface area contributed by atoms with Gasteiger partial charge < -0.3 is 16.4 Å². The Hall–Kier alpha value is -2.56. The largest absolute Gasteiger partial charge is 0.397 e. The lowest BCUT2D eigenvalue weighted by molar-refractivity contribution is 0.0963. The second kappa shape index (κ2) is 6.74. The van der Waals surface area contributed by atoms with Crippen molar-refractivity contribution in [1.82, 2.24) is 5.32 Å². The predicted molar refractivity (Wildman–Crippen MR) is 82.8 cm³/mol. The Labute approximate surface area is 123 Å². The Balaban J connectivity index is 1.94. The number of halogens is 1. The first-order valence-electron chi connectivity index (χ1n) is 6.70.